The molecule has 2 saturated carbocycles. The fourth-order valence-electron chi connectivity index (χ4n) is 2.38. The van der Waals surface area contributed by atoms with Gasteiger partial charge in [-0.05, 0) is 62.5 Å². The molecule has 0 heteroatoms. The zero-order valence-electron chi connectivity index (χ0n) is 9.07. The predicted octanol–water partition coefficient (Wildman–Crippen LogP) is 4.52. The summed E-state index contributed by atoms with van der Waals surface area (Å²) in [6, 6.07) is 0. The van der Waals surface area contributed by atoms with Crippen molar-refractivity contribution in [3.05, 3.63) is 22.6 Å². The topological polar surface area (TPSA) is 0 Å². The van der Waals surface area contributed by atoms with Crippen LogP contribution < -0.4 is 0 Å². The molecule has 0 bridgehead atoms. The molecule has 2 rings (SSSR count). The summed E-state index contributed by atoms with van der Waals surface area (Å²) in [4.78, 5) is 0. The molecule has 14 heavy (non-hydrogen) atoms. The third-order valence-electron chi connectivity index (χ3n) is 3.33. The first-order valence-corrected chi connectivity index (χ1v) is 6.16. The molecule has 0 aromatic carbocycles. The van der Waals surface area contributed by atoms with E-state index in [0.717, 1.165) is 0 Å². The molecular formula is C14H20. The van der Waals surface area contributed by atoms with E-state index in [9.17, 15) is 0 Å². The maximum absolute atomic E-state index is 3.42. The summed E-state index contributed by atoms with van der Waals surface area (Å²) >= 11 is 0. The van der Waals surface area contributed by atoms with Gasteiger partial charge in [0.15, 0.2) is 0 Å². The van der Waals surface area contributed by atoms with Gasteiger partial charge in [-0.3, -0.25) is 0 Å². The fourth-order valence-corrected chi connectivity index (χ4v) is 2.38. The Bertz CT molecular complexity index is 237. The van der Waals surface area contributed by atoms with E-state index in [2.05, 4.69) is 11.5 Å². The second-order valence-corrected chi connectivity index (χ2v) is 4.58. The van der Waals surface area contributed by atoms with Gasteiger partial charge < -0.3 is 0 Å². The van der Waals surface area contributed by atoms with Crippen LogP contribution in [0.3, 0.4) is 0 Å². The molecule has 0 aliphatic heterocycles. The Morgan fingerprint density at radius 1 is 0.500 bits per heavy atom. The van der Waals surface area contributed by atoms with Crippen molar-refractivity contribution in [2.24, 2.45) is 0 Å². The summed E-state index contributed by atoms with van der Waals surface area (Å²) in [5, 5.41) is 0. The van der Waals surface area contributed by atoms with Crippen LogP contribution in [0.4, 0.5) is 0 Å². The van der Waals surface area contributed by atoms with Crippen molar-refractivity contribution >= 4 is 0 Å². The van der Waals surface area contributed by atoms with Gasteiger partial charge in [0.25, 0.3) is 0 Å². The van der Waals surface area contributed by atoms with E-state index in [-0.39, 0.29) is 0 Å². The molecule has 0 heterocycles. The minimum Gasteiger partial charge on any atom is -0.0712 e. The van der Waals surface area contributed by atoms with Gasteiger partial charge in [0.1, 0.15) is 0 Å². The molecule has 76 valence electrons. The highest BCUT2D eigenvalue weighted by Crippen LogP contribution is 2.23. The number of hydrogen-bond acceptors (Lipinski definition) is 0. The first kappa shape index (κ1) is 9.84. The van der Waals surface area contributed by atoms with Crippen LogP contribution in [0, 0.1) is 0 Å². The van der Waals surface area contributed by atoms with Gasteiger partial charge in [0.2, 0.25) is 0 Å². The van der Waals surface area contributed by atoms with Crippen LogP contribution in [0.25, 0.3) is 0 Å². The predicted molar refractivity (Wildman–Crippen MR) is 60.2 cm³/mol. The SMILES string of the molecule is C(=C=C1CCCCC1)=C1CCCCC1. The molecule has 2 aliphatic rings. The Hall–Kier alpha value is -0.700. The summed E-state index contributed by atoms with van der Waals surface area (Å²) < 4.78 is 0. The second kappa shape index (κ2) is 5.25. The summed E-state index contributed by atoms with van der Waals surface area (Å²) in [6.07, 6.45) is 13.4. The number of rotatable bonds is 0. The van der Waals surface area contributed by atoms with Crippen LogP contribution in [0.1, 0.15) is 64.2 Å². The van der Waals surface area contributed by atoms with E-state index < -0.39 is 0 Å². The lowest BCUT2D eigenvalue weighted by Crippen LogP contribution is -1.92. The van der Waals surface area contributed by atoms with E-state index in [0.29, 0.717) is 0 Å². The number of hydrogen-bond donors (Lipinski definition) is 0. The largest absolute Gasteiger partial charge is 0.0712 e. The van der Waals surface area contributed by atoms with Gasteiger partial charge in [-0.1, -0.05) is 24.3 Å². The molecule has 0 amide bonds. The molecule has 0 radical (unpaired) electrons. The Balaban J connectivity index is 2.07. The van der Waals surface area contributed by atoms with Crippen LogP contribution in [0.5, 0.6) is 0 Å². The minimum atomic E-state index is 1.28. The zero-order valence-corrected chi connectivity index (χ0v) is 9.07. The molecule has 0 unspecified atom stereocenters. The van der Waals surface area contributed by atoms with Gasteiger partial charge in [-0.2, -0.15) is 0 Å². The van der Waals surface area contributed by atoms with Gasteiger partial charge >= 0.3 is 0 Å². The normalized spacial score (nSPS) is 22.9. The molecule has 0 N–H and O–H groups in total. The Kier molecular flexibility index (Phi) is 3.69. The third kappa shape index (κ3) is 2.91. The van der Waals surface area contributed by atoms with E-state index in [4.69, 9.17) is 0 Å². The van der Waals surface area contributed by atoms with E-state index in [1.165, 1.54) is 75.4 Å². The molecule has 0 aromatic rings. The first-order valence-electron chi connectivity index (χ1n) is 6.16. The van der Waals surface area contributed by atoms with Crippen LogP contribution in [-0.4, -0.2) is 0 Å². The van der Waals surface area contributed by atoms with Gasteiger partial charge in [-0.25, -0.2) is 0 Å². The lowest BCUT2D eigenvalue weighted by molar-refractivity contribution is 0.597. The smallest absolute Gasteiger partial charge is 0.0199 e. The molecule has 0 aromatic heterocycles. The first-order chi connectivity index (χ1) is 6.95. The highest BCUT2D eigenvalue weighted by Gasteiger charge is 2.05. The molecule has 2 fully saturated rings. The summed E-state index contributed by atoms with van der Waals surface area (Å²) in [5.74, 6) is 0. The van der Waals surface area contributed by atoms with Crippen molar-refractivity contribution in [3.63, 3.8) is 0 Å². The average molecular weight is 188 g/mol. The van der Waals surface area contributed by atoms with Crippen LogP contribution in [0.15, 0.2) is 22.6 Å². The second-order valence-electron chi connectivity index (χ2n) is 4.58. The van der Waals surface area contributed by atoms with Crippen molar-refractivity contribution in [1.29, 1.82) is 0 Å². The molecule has 0 nitrogen and oxygen atoms in total. The third-order valence-corrected chi connectivity index (χ3v) is 3.33. The van der Waals surface area contributed by atoms with Crippen LogP contribution in [0.2, 0.25) is 0 Å². The highest BCUT2D eigenvalue weighted by atomic mass is 14.1. The van der Waals surface area contributed by atoms with Gasteiger partial charge in [-0.15, -0.1) is 0 Å². The molecule has 0 atom stereocenters. The standard InChI is InChI=1S/C14H20/c1-3-7-13(8-4-1)11-12-14-9-5-2-6-10-14/h1-10H2. The summed E-state index contributed by atoms with van der Waals surface area (Å²) in [5.41, 5.74) is 9.89. The van der Waals surface area contributed by atoms with Crippen molar-refractivity contribution in [2.75, 3.05) is 0 Å². The average Bonchev–Trinajstić information content (AvgIpc) is 2.29. The Morgan fingerprint density at radius 2 is 0.857 bits per heavy atom. The van der Waals surface area contributed by atoms with Crippen LogP contribution >= 0.6 is 0 Å². The number of allylic oxidation sites excluding steroid dienone is 2. The molecular weight excluding hydrogens is 168 g/mol. The molecule has 0 saturated heterocycles. The Morgan fingerprint density at radius 3 is 1.21 bits per heavy atom. The van der Waals surface area contributed by atoms with Gasteiger partial charge in [0, 0.05) is 0 Å². The van der Waals surface area contributed by atoms with Crippen molar-refractivity contribution in [1.82, 2.24) is 0 Å². The summed E-state index contributed by atoms with van der Waals surface area (Å²) in [7, 11) is 0. The molecule has 0 spiro atoms. The van der Waals surface area contributed by atoms with Crippen LogP contribution in [-0.2, 0) is 0 Å². The van der Waals surface area contributed by atoms with Crippen molar-refractivity contribution in [3.8, 4) is 0 Å². The lowest BCUT2D eigenvalue weighted by atomic mass is 9.94. The Labute approximate surface area is 87.4 Å². The zero-order chi connectivity index (χ0) is 9.64. The van der Waals surface area contributed by atoms with E-state index in [1.807, 2.05) is 0 Å². The van der Waals surface area contributed by atoms with Gasteiger partial charge in [0.05, 0.1) is 0 Å². The summed E-state index contributed by atoms with van der Waals surface area (Å²) in [6.45, 7) is 0. The lowest BCUT2D eigenvalue weighted by Gasteiger charge is -2.11. The van der Waals surface area contributed by atoms with Crippen molar-refractivity contribution < 1.29 is 0 Å². The molecule has 2 aliphatic carbocycles. The maximum Gasteiger partial charge on any atom is -0.0199 e. The monoisotopic (exact) mass is 188 g/mol. The quantitative estimate of drug-likeness (QED) is 0.490. The minimum absolute atomic E-state index is 1.28. The maximum atomic E-state index is 3.42. The fraction of sp³-hybridized carbons (Fsp3) is 0.714. The van der Waals surface area contributed by atoms with Crippen molar-refractivity contribution in [2.45, 2.75) is 64.2 Å². The van der Waals surface area contributed by atoms with E-state index in [1.54, 1.807) is 0 Å². The highest BCUT2D eigenvalue weighted by molar-refractivity contribution is 5.09. The van der Waals surface area contributed by atoms with E-state index >= 15 is 0 Å².